The van der Waals surface area contributed by atoms with Crippen LogP contribution >= 0.6 is 11.6 Å². The summed E-state index contributed by atoms with van der Waals surface area (Å²) in [6, 6.07) is 13.7. The molecule has 2 aromatic carbocycles. The summed E-state index contributed by atoms with van der Waals surface area (Å²) in [6.45, 7) is 0.611. The third-order valence-corrected chi connectivity index (χ3v) is 3.93. The summed E-state index contributed by atoms with van der Waals surface area (Å²) < 4.78 is 5.35. The van der Waals surface area contributed by atoms with Crippen LogP contribution in [-0.4, -0.2) is 24.5 Å². The summed E-state index contributed by atoms with van der Waals surface area (Å²) in [7, 11) is 0. The van der Waals surface area contributed by atoms with Gasteiger partial charge in [-0.15, -0.1) is 0 Å². The van der Waals surface area contributed by atoms with Gasteiger partial charge in [-0.25, -0.2) is 0 Å². The number of hydrogen-bond donors (Lipinski definition) is 2. The van der Waals surface area contributed by atoms with E-state index in [9.17, 15) is 9.59 Å². The zero-order valence-electron chi connectivity index (χ0n) is 12.9. The Balaban J connectivity index is 1.67. The molecule has 0 aliphatic carbocycles. The van der Waals surface area contributed by atoms with Crippen LogP contribution in [0.2, 0.25) is 5.02 Å². The van der Waals surface area contributed by atoms with E-state index in [0.29, 0.717) is 28.6 Å². The fourth-order valence-electron chi connectivity index (χ4n) is 2.51. The number of ether oxygens (including phenoxy) is 1. The molecule has 1 heterocycles. The highest BCUT2D eigenvalue weighted by Gasteiger charge is 2.23. The molecular weight excluding hydrogens is 328 g/mol. The number of carbonyl (C=O) groups excluding carboxylic acids is 2. The van der Waals surface area contributed by atoms with E-state index in [2.05, 4.69) is 10.6 Å². The summed E-state index contributed by atoms with van der Waals surface area (Å²) >= 11 is 5.91. The zero-order chi connectivity index (χ0) is 16.9. The van der Waals surface area contributed by atoms with Gasteiger partial charge in [0.25, 0.3) is 11.8 Å². The summed E-state index contributed by atoms with van der Waals surface area (Å²) in [6.07, 6.45) is 1.20. The Kier molecular flexibility index (Phi) is 5.13. The minimum Gasteiger partial charge on any atom is -0.368 e. The number of anilines is 2. The van der Waals surface area contributed by atoms with Crippen molar-refractivity contribution in [2.24, 2.45) is 0 Å². The van der Waals surface area contributed by atoms with Gasteiger partial charge in [-0.05, 0) is 49.2 Å². The minimum atomic E-state index is -0.408. The summed E-state index contributed by atoms with van der Waals surface area (Å²) in [5, 5.41) is 6.11. The van der Waals surface area contributed by atoms with Crippen molar-refractivity contribution in [3.8, 4) is 0 Å². The molecule has 1 aliphatic rings. The molecule has 0 radical (unpaired) electrons. The molecule has 0 spiro atoms. The first-order chi connectivity index (χ1) is 11.6. The fourth-order valence-corrected chi connectivity index (χ4v) is 2.71. The van der Waals surface area contributed by atoms with E-state index in [0.717, 1.165) is 12.8 Å². The first-order valence-electron chi connectivity index (χ1n) is 7.71. The van der Waals surface area contributed by atoms with E-state index in [1.54, 1.807) is 48.5 Å². The molecule has 1 fully saturated rings. The number of carbonyl (C=O) groups is 2. The smallest absolute Gasteiger partial charge is 0.255 e. The summed E-state index contributed by atoms with van der Waals surface area (Å²) in [5.74, 6) is -0.453. The normalized spacial score (nSPS) is 16.6. The van der Waals surface area contributed by atoms with E-state index < -0.39 is 6.10 Å². The average Bonchev–Trinajstić information content (AvgIpc) is 3.10. The van der Waals surface area contributed by atoms with Gasteiger partial charge in [-0.2, -0.15) is 0 Å². The molecule has 124 valence electrons. The average molecular weight is 345 g/mol. The maximum atomic E-state index is 12.3. The van der Waals surface area contributed by atoms with Crippen molar-refractivity contribution in [2.45, 2.75) is 18.9 Å². The molecule has 2 N–H and O–H groups in total. The van der Waals surface area contributed by atoms with E-state index in [-0.39, 0.29) is 11.8 Å². The summed E-state index contributed by atoms with van der Waals surface area (Å²) in [5.41, 5.74) is 1.62. The Labute approximate surface area is 145 Å². The highest BCUT2D eigenvalue weighted by molar-refractivity contribution is 6.31. The Morgan fingerprint density at radius 3 is 2.50 bits per heavy atom. The topological polar surface area (TPSA) is 67.4 Å². The maximum Gasteiger partial charge on any atom is 0.255 e. The van der Waals surface area contributed by atoms with Crippen molar-refractivity contribution < 1.29 is 14.3 Å². The fraction of sp³-hybridized carbons (Fsp3) is 0.222. The Bertz CT molecular complexity index is 757. The molecule has 2 amide bonds. The van der Waals surface area contributed by atoms with Gasteiger partial charge in [0.15, 0.2) is 0 Å². The number of hydrogen-bond acceptors (Lipinski definition) is 3. The Morgan fingerprint density at radius 2 is 1.79 bits per heavy atom. The van der Waals surface area contributed by atoms with Crippen LogP contribution in [0.1, 0.15) is 23.2 Å². The van der Waals surface area contributed by atoms with Crippen LogP contribution in [0.3, 0.4) is 0 Å². The molecule has 6 heteroatoms. The quantitative estimate of drug-likeness (QED) is 0.888. The van der Waals surface area contributed by atoms with Crippen LogP contribution in [0.15, 0.2) is 48.5 Å². The Hall–Kier alpha value is -2.37. The predicted octanol–water partition coefficient (Wildman–Crippen LogP) is 3.71. The first kappa shape index (κ1) is 16.5. The SMILES string of the molecule is O=C(Nc1cccc(Cl)c1)c1cccc(NC(=O)C2CCCO2)c1. The molecule has 0 bridgehead atoms. The van der Waals surface area contributed by atoms with Crippen LogP contribution in [-0.2, 0) is 9.53 Å². The first-order valence-corrected chi connectivity index (χ1v) is 8.09. The second-order valence-corrected chi connectivity index (χ2v) is 5.97. The monoisotopic (exact) mass is 344 g/mol. The third-order valence-electron chi connectivity index (χ3n) is 3.70. The molecular formula is C18H17ClN2O3. The molecule has 1 unspecified atom stereocenters. The van der Waals surface area contributed by atoms with E-state index >= 15 is 0 Å². The van der Waals surface area contributed by atoms with Crippen LogP contribution in [0.5, 0.6) is 0 Å². The van der Waals surface area contributed by atoms with Gasteiger partial charge in [-0.3, -0.25) is 9.59 Å². The highest BCUT2D eigenvalue weighted by atomic mass is 35.5. The predicted molar refractivity (Wildman–Crippen MR) is 93.5 cm³/mol. The second kappa shape index (κ2) is 7.47. The molecule has 24 heavy (non-hydrogen) atoms. The van der Waals surface area contributed by atoms with E-state index in [1.807, 2.05) is 0 Å². The molecule has 3 rings (SSSR count). The molecule has 1 saturated heterocycles. The van der Waals surface area contributed by atoms with Crippen LogP contribution in [0.25, 0.3) is 0 Å². The van der Waals surface area contributed by atoms with Crippen LogP contribution in [0.4, 0.5) is 11.4 Å². The molecule has 2 aromatic rings. The molecule has 5 nitrogen and oxygen atoms in total. The van der Waals surface area contributed by atoms with Crippen molar-refractivity contribution >= 4 is 34.8 Å². The van der Waals surface area contributed by atoms with Crippen molar-refractivity contribution in [1.82, 2.24) is 0 Å². The van der Waals surface area contributed by atoms with Gasteiger partial charge in [0.2, 0.25) is 0 Å². The summed E-state index contributed by atoms with van der Waals surface area (Å²) in [4.78, 5) is 24.4. The zero-order valence-corrected chi connectivity index (χ0v) is 13.7. The lowest BCUT2D eigenvalue weighted by molar-refractivity contribution is -0.124. The standard InChI is InChI=1S/C18H17ClN2O3/c19-13-5-2-7-15(11-13)20-17(22)12-4-1-6-14(10-12)21-18(23)16-8-3-9-24-16/h1-2,4-7,10-11,16H,3,8-9H2,(H,20,22)(H,21,23). The molecule has 0 aromatic heterocycles. The van der Waals surface area contributed by atoms with E-state index in [4.69, 9.17) is 16.3 Å². The van der Waals surface area contributed by atoms with Crippen molar-refractivity contribution in [1.29, 1.82) is 0 Å². The van der Waals surface area contributed by atoms with Gasteiger partial charge >= 0.3 is 0 Å². The number of benzene rings is 2. The Morgan fingerprint density at radius 1 is 1.04 bits per heavy atom. The molecule has 0 saturated carbocycles. The number of halogens is 1. The van der Waals surface area contributed by atoms with Gasteiger partial charge in [0, 0.05) is 28.6 Å². The van der Waals surface area contributed by atoms with E-state index in [1.165, 1.54) is 0 Å². The minimum absolute atomic E-state index is 0.181. The van der Waals surface area contributed by atoms with Gasteiger partial charge in [-0.1, -0.05) is 23.7 Å². The maximum absolute atomic E-state index is 12.3. The van der Waals surface area contributed by atoms with Gasteiger partial charge < -0.3 is 15.4 Å². The molecule has 1 aliphatic heterocycles. The van der Waals surface area contributed by atoms with Crippen molar-refractivity contribution in [2.75, 3.05) is 17.2 Å². The molecule has 1 atom stereocenters. The number of amides is 2. The number of nitrogens with one attached hydrogen (secondary N) is 2. The third kappa shape index (κ3) is 4.13. The van der Waals surface area contributed by atoms with Gasteiger partial charge in [0.1, 0.15) is 6.10 Å². The second-order valence-electron chi connectivity index (χ2n) is 5.54. The van der Waals surface area contributed by atoms with Gasteiger partial charge in [0.05, 0.1) is 0 Å². The lowest BCUT2D eigenvalue weighted by Gasteiger charge is -2.11. The highest BCUT2D eigenvalue weighted by Crippen LogP contribution is 2.18. The lowest BCUT2D eigenvalue weighted by Crippen LogP contribution is -2.27. The number of rotatable bonds is 4. The van der Waals surface area contributed by atoms with Crippen molar-refractivity contribution in [3.05, 3.63) is 59.1 Å². The largest absolute Gasteiger partial charge is 0.368 e. The lowest BCUT2D eigenvalue weighted by atomic mass is 10.1. The van der Waals surface area contributed by atoms with Crippen LogP contribution in [0, 0.1) is 0 Å². The van der Waals surface area contributed by atoms with Crippen LogP contribution < -0.4 is 10.6 Å². The van der Waals surface area contributed by atoms with Crippen molar-refractivity contribution in [3.63, 3.8) is 0 Å².